The van der Waals surface area contributed by atoms with Crippen LogP contribution >= 0.6 is 0 Å². The molecule has 0 bridgehead atoms. The lowest BCUT2D eigenvalue weighted by molar-refractivity contribution is -0.110. The van der Waals surface area contributed by atoms with Gasteiger partial charge in [0, 0.05) is 11.3 Å². The van der Waals surface area contributed by atoms with Gasteiger partial charge in [-0.2, -0.15) is 0 Å². The molecule has 0 saturated heterocycles. The standard InChI is InChI=1S/C16H9F2NO2/c17-9-5-6-14-11(7-9)12(16(21)19-14)8-15(20)10-3-1-2-4-13(10)18/h1-8H,(H,19,21). The first-order chi connectivity index (χ1) is 10.1. The lowest BCUT2D eigenvalue weighted by Crippen LogP contribution is -2.06. The van der Waals surface area contributed by atoms with Gasteiger partial charge in [-0.3, -0.25) is 9.59 Å². The minimum Gasteiger partial charge on any atom is -0.321 e. The summed E-state index contributed by atoms with van der Waals surface area (Å²) in [5.41, 5.74) is 0.610. The van der Waals surface area contributed by atoms with Crippen molar-refractivity contribution in [2.45, 2.75) is 0 Å². The van der Waals surface area contributed by atoms with Crippen LogP contribution in [-0.2, 0) is 4.79 Å². The molecule has 1 aliphatic rings. The average Bonchev–Trinajstić information content (AvgIpc) is 2.75. The number of benzene rings is 2. The molecule has 1 heterocycles. The third kappa shape index (κ3) is 2.33. The molecule has 0 unspecified atom stereocenters. The molecular formula is C16H9F2NO2. The van der Waals surface area contributed by atoms with Gasteiger partial charge in [0.25, 0.3) is 5.91 Å². The Bertz CT molecular complexity index is 797. The first-order valence-electron chi connectivity index (χ1n) is 6.18. The molecule has 3 rings (SSSR count). The van der Waals surface area contributed by atoms with Gasteiger partial charge in [-0.15, -0.1) is 0 Å². The van der Waals surface area contributed by atoms with Crippen molar-refractivity contribution in [1.82, 2.24) is 0 Å². The van der Waals surface area contributed by atoms with Crippen LogP contribution in [0.3, 0.4) is 0 Å². The molecule has 1 aliphatic heterocycles. The lowest BCUT2D eigenvalue weighted by atomic mass is 10.0. The van der Waals surface area contributed by atoms with Crippen molar-refractivity contribution in [2.75, 3.05) is 5.32 Å². The van der Waals surface area contributed by atoms with Crippen LogP contribution in [0.25, 0.3) is 5.57 Å². The molecule has 0 fully saturated rings. The highest BCUT2D eigenvalue weighted by Crippen LogP contribution is 2.32. The van der Waals surface area contributed by atoms with Crippen molar-refractivity contribution in [2.24, 2.45) is 0 Å². The number of anilines is 1. The zero-order chi connectivity index (χ0) is 15.0. The van der Waals surface area contributed by atoms with E-state index in [-0.39, 0.29) is 11.1 Å². The number of carbonyl (C=O) groups excluding carboxylic acids is 2. The maximum Gasteiger partial charge on any atom is 0.256 e. The zero-order valence-electron chi connectivity index (χ0n) is 10.7. The van der Waals surface area contributed by atoms with Gasteiger partial charge in [0.05, 0.1) is 11.1 Å². The molecule has 1 N–H and O–H groups in total. The number of halogens is 2. The number of hydrogen-bond acceptors (Lipinski definition) is 2. The van der Waals surface area contributed by atoms with Gasteiger partial charge in [-0.1, -0.05) is 12.1 Å². The van der Waals surface area contributed by atoms with Crippen molar-refractivity contribution in [3.63, 3.8) is 0 Å². The molecule has 2 aromatic rings. The zero-order valence-corrected chi connectivity index (χ0v) is 10.7. The van der Waals surface area contributed by atoms with Crippen LogP contribution < -0.4 is 5.32 Å². The number of hydrogen-bond donors (Lipinski definition) is 1. The molecule has 0 saturated carbocycles. The fraction of sp³-hybridized carbons (Fsp3) is 0. The Morgan fingerprint density at radius 3 is 2.62 bits per heavy atom. The van der Waals surface area contributed by atoms with Gasteiger partial charge in [0.2, 0.25) is 0 Å². The third-order valence-electron chi connectivity index (χ3n) is 3.18. The smallest absolute Gasteiger partial charge is 0.256 e. The second-order valence-electron chi connectivity index (χ2n) is 4.55. The van der Waals surface area contributed by atoms with Crippen molar-refractivity contribution in [1.29, 1.82) is 0 Å². The van der Waals surface area contributed by atoms with Crippen LogP contribution in [-0.4, -0.2) is 11.7 Å². The number of nitrogens with one attached hydrogen (secondary N) is 1. The van der Waals surface area contributed by atoms with Gasteiger partial charge in [0.15, 0.2) is 5.78 Å². The summed E-state index contributed by atoms with van der Waals surface area (Å²) in [5, 5.41) is 2.53. The lowest BCUT2D eigenvalue weighted by Gasteiger charge is -2.00. The summed E-state index contributed by atoms with van der Waals surface area (Å²) in [6.45, 7) is 0. The molecule has 0 atom stereocenters. The second kappa shape index (κ2) is 4.94. The van der Waals surface area contributed by atoms with Crippen molar-refractivity contribution < 1.29 is 18.4 Å². The van der Waals surface area contributed by atoms with Crippen LogP contribution in [0.2, 0.25) is 0 Å². The number of rotatable bonds is 2. The van der Waals surface area contributed by atoms with Crippen LogP contribution in [0.15, 0.2) is 48.5 Å². The molecule has 21 heavy (non-hydrogen) atoms. The van der Waals surface area contributed by atoms with Gasteiger partial charge < -0.3 is 5.32 Å². The molecule has 1 amide bonds. The van der Waals surface area contributed by atoms with E-state index < -0.39 is 23.3 Å². The molecule has 104 valence electrons. The summed E-state index contributed by atoms with van der Waals surface area (Å²) < 4.78 is 26.8. The highest BCUT2D eigenvalue weighted by Gasteiger charge is 2.25. The fourth-order valence-corrected chi connectivity index (χ4v) is 2.17. The maximum atomic E-state index is 13.6. The minimum atomic E-state index is -0.669. The summed E-state index contributed by atoms with van der Waals surface area (Å²) in [7, 11) is 0. The monoisotopic (exact) mass is 285 g/mol. The molecule has 2 aromatic carbocycles. The Labute approximate surface area is 118 Å². The number of ketones is 1. The molecule has 0 spiro atoms. The van der Waals surface area contributed by atoms with Crippen molar-refractivity contribution >= 4 is 23.0 Å². The first-order valence-corrected chi connectivity index (χ1v) is 6.18. The summed E-state index contributed by atoms with van der Waals surface area (Å²) in [4.78, 5) is 23.9. The Hall–Kier alpha value is -2.82. The van der Waals surface area contributed by atoms with Crippen LogP contribution in [0, 0.1) is 11.6 Å². The van der Waals surface area contributed by atoms with E-state index in [2.05, 4.69) is 5.32 Å². The SMILES string of the molecule is O=C1Nc2ccc(F)cc2C1=CC(=O)c1ccccc1F. The van der Waals surface area contributed by atoms with E-state index in [0.717, 1.165) is 18.2 Å². The van der Waals surface area contributed by atoms with Gasteiger partial charge in [-0.05, 0) is 36.4 Å². The summed E-state index contributed by atoms with van der Waals surface area (Å²) in [6.07, 6.45) is 1.03. The van der Waals surface area contributed by atoms with Gasteiger partial charge in [0.1, 0.15) is 11.6 Å². The maximum absolute atomic E-state index is 13.6. The second-order valence-corrected chi connectivity index (χ2v) is 4.55. The largest absolute Gasteiger partial charge is 0.321 e. The molecule has 3 nitrogen and oxygen atoms in total. The van der Waals surface area contributed by atoms with E-state index in [1.807, 2.05) is 0 Å². The first kappa shape index (κ1) is 13.2. The van der Waals surface area contributed by atoms with Crippen LogP contribution in [0.1, 0.15) is 15.9 Å². The quantitative estimate of drug-likeness (QED) is 0.680. The Morgan fingerprint density at radius 1 is 1.10 bits per heavy atom. The van der Waals surface area contributed by atoms with Gasteiger partial charge in [-0.25, -0.2) is 8.78 Å². The Balaban J connectivity index is 2.05. The third-order valence-corrected chi connectivity index (χ3v) is 3.18. The van der Waals surface area contributed by atoms with E-state index in [9.17, 15) is 18.4 Å². The summed E-state index contributed by atoms with van der Waals surface area (Å²) in [6, 6.07) is 9.26. The van der Waals surface area contributed by atoms with E-state index >= 15 is 0 Å². The molecule has 0 radical (unpaired) electrons. The Morgan fingerprint density at radius 2 is 1.86 bits per heavy atom. The van der Waals surface area contributed by atoms with E-state index in [1.54, 1.807) is 0 Å². The summed E-state index contributed by atoms with van der Waals surface area (Å²) >= 11 is 0. The van der Waals surface area contributed by atoms with E-state index in [0.29, 0.717) is 11.3 Å². The summed E-state index contributed by atoms with van der Waals surface area (Å²) in [5.74, 6) is -2.35. The topological polar surface area (TPSA) is 46.2 Å². The highest BCUT2D eigenvalue weighted by molar-refractivity contribution is 6.35. The number of allylic oxidation sites excluding steroid dienone is 1. The molecular weight excluding hydrogens is 276 g/mol. The van der Waals surface area contributed by atoms with E-state index in [4.69, 9.17) is 0 Å². The fourth-order valence-electron chi connectivity index (χ4n) is 2.17. The minimum absolute atomic E-state index is 0.0257. The number of carbonyl (C=O) groups is 2. The van der Waals surface area contributed by atoms with Crippen LogP contribution in [0.5, 0.6) is 0 Å². The number of amides is 1. The molecule has 0 aromatic heterocycles. The number of fused-ring (bicyclic) bond motifs is 1. The predicted octanol–water partition coefficient (Wildman–Crippen LogP) is 3.18. The van der Waals surface area contributed by atoms with Crippen molar-refractivity contribution in [3.05, 3.63) is 71.3 Å². The highest BCUT2D eigenvalue weighted by atomic mass is 19.1. The Kier molecular flexibility index (Phi) is 3.10. The molecule has 0 aliphatic carbocycles. The van der Waals surface area contributed by atoms with E-state index in [1.165, 1.54) is 30.3 Å². The average molecular weight is 285 g/mol. The van der Waals surface area contributed by atoms with Gasteiger partial charge >= 0.3 is 0 Å². The van der Waals surface area contributed by atoms with Crippen LogP contribution in [0.4, 0.5) is 14.5 Å². The van der Waals surface area contributed by atoms with Crippen molar-refractivity contribution in [3.8, 4) is 0 Å². The molecule has 5 heteroatoms. The predicted molar refractivity (Wildman–Crippen MR) is 73.7 cm³/mol. The normalized spacial score (nSPS) is 15.0.